The highest BCUT2D eigenvalue weighted by molar-refractivity contribution is 6.33. The van der Waals surface area contributed by atoms with Gasteiger partial charge in [-0.2, -0.15) is 0 Å². The van der Waals surface area contributed by atoms with Crippen LogP contribution in [0, 0.1) is 0 Å². The maximum atomic E-state index is 10.8. The average molecular weight is 290 g/mol. The molecule has 0 bridgehead atoms. The predicted octanol–water partition coefficient (Wildman–Crippen LogP) is 3.82. The first-order valence-electron chi connectivity index (χ1n) is 6.42. The largest absolute Gasteiger partial charge is 0.481 e. The van der Waals surface area contributed by atoms with E-state index in [4.69, 9.17) is 16.7 Å². The molecule has 0 fully saturated rings. The van der Waals surface area contributed by atoms with Gasteiger partial charge in [-0.25, -0.2) is 0 Å². The number of carboxylic acids is 1. The molecule has 0 atom stereocenters. The Hall–Kier alpha value is -2.00. The third-order valence-electron chi connectivity index (χ3n) is 3.00. The summed E-state index contributed by atoms with van der Waals surface area (Å²) in [5.74, 6) is -0.810. The van der Waals surface area contributed by atoms with Crippen LogP contribution in [0.2, 0.25) is 5.02 Å². The van der Waals surface area contributed by atoms with Gasteiger partial charge in [0.2, 0.25) is 0 Å². The molecule has 0 saturated carbocycles. The van der Waals surface area contributed by atoms with Crippen LogP contribution >= 0.6 is 11.6 Å². The summed E-state index contributed by atoms with van der Waals surface area (Å²) in [4.78, 5) is 12.8. The predicted molar refractivity (Wildman–Crippen MR) is 81.2 cm³/mol. The van der Waals surface area contributed by atoms with Crippen LogP contribution in [0.5, 0.6) is 0 Å². The standard InChI is InChI=1S/C16H16ClNO2/c17-14-8-4-5-9-15(14)18(11-10-16(19)20)12-13-6-2-1-3-7-13/h1-9H,10-12H2,(H,19,20). The van der Waals surface area contributed by atoms with Gasteiger partial charge in [0.15, 0.2) is 0 Å². The van der Waals surface area contributed by atoms with Gasteiger partial charge < -0.3 is 10.0 Å². The summed E-state index contributed by atoms with van der Waals surface area (Å²) in [5.41, 5.74) is 1.98. The van der Waals surface area contributed by atoms with Gasteiger partial charge in [0.05, 0.1) is 17.1 Å². The van der Waals surface area contributed by atoms with Crippen molar-refractivity contribution in [3.05, 3.63) is 65.2 Å². The Balaban J connectivity index is 2.20. The number of halogens is 1. The Bertz CT molecular complexity index is 572. The number of aliphatic carboxylic acids is 1. The van der Waals surface area contributed by atoms with Gasteiger partial charge in [-0.3, -0.25) is 4.79 Å². The number of anilines is 1. The Morgan fingerprint density at radius 2 is 1.70 bits per heavy atom. The van der Waals surface area contributed by atoms with Crippen LogP contribution in [0.1, 0.15) is 12.0 Å². The normalized spacial score (nSPS) is 10.2. The lowest BCUT2D eigenvalue weighted by atomic mass is 10.2. The fourth-order valence-electron chi connectivity index (χ4n) is 2.03. The van der Waals surface area contributed by atoms with E-state index in [1.807, 2.05) is 59.5 Å². The number of nitrogens with zero attached hydrogens (tertiary/aromatic N) is 1. The van der Waals surface area contributed by atoms with Crippen molar-refractivity contribution >= 4 is 23.3 Å². The highest BCUT2D eigenvalue weighted by Crippen LogP contribution is 2.26. The number of carbonyl (C=O) groups is 1. The smallest absolute Gasteiger partial charge is 0.305 e. The molecule has 0 saturated heterocycles. The highest BCUT2D eigenvalue weighted by atomic mass is 35.5. The van der Waals surface area contributed by atoms with E-state index in [2.05, 4.69) is 0 Å². The first-order valence-corrected chi connectivity index (χ1v) is 6.80. The number of hydrogen-bond donors (Lipinski definition) is 1. The highest BCUT2D eigenvalue weighted by Gasteiger charge is 2.12. The van der Waals surface area contributed by atoms with Crippen LogP contribution in [0.15, 0.2) is 54.6 Å². The lowest BCUT2D eigenvalue weighted by molar-refractivity contribution is -0.136. The number of carboxylic acid groups (broad SMARTS) is 1. The molecule has 0 aliphatic rings. The summed E-state index contributed by atoms with van der Waals surface area (Å²) in [6.07, 6.45) is 0.0814. The van der Waals surface area contributed by atoms with E-state index in [0.29, 0.717) is 18.1 Å². The molecular formula is C16H16ClNO2. The second-order valence-corrected chi connectivity index (χ2v) is 4.91. The summed E-state index contributed by atoms with van der Waals surface area (Å²) in [7, 11) is 0. The minimum Gasteiger partial charge on any atom is -0.481 e. The summed E-state index contributed by atoms with van der Waals surface area (Å²) in [6.45, 7) is 1.06. The van der Waals surface area contributed by atoms with Gasteiger partial charge in [0.25, 0.3) is 0 Å². The van der Waals surface area contributed by atoms with Crippen LogP contribution < -0.4 is 4.90 Å². The van der Waals surface area contributed by atoms with E-state index < -0.39 is 5.97 Å². The van der Waals surface area contributed by atoms with Gasteiger partial charge in [0, 0.05) is 13.1 Å². The van der Waals surface area contributed by atoms with Gasteiger partial charge in [-0.05, 0) is 17.7 Å². The molecule has 104 valence electrons. The quantitative estimate of drug-likeness (QED) is 0.879. The molecule has 0 aliphatic carbocycles. The van der Waals surface area contributed by atoms with E-state index in [-0.39, 0.29) is 6.42 Å². The van der Waals surface area contributed by atoms with E-state index in [1.165, 1.54) is 0 Å². The van der Waals surface area contributed by atoms with Gasteiger partial charge in [-0.15, -0.1) is 0 Å². The molecule has 4 heteroatoms. The monoisotopic (exact) mass is 289 g/mol. The maximum absolute atomic E-state index is 10.8. The van der Waals surface area contributed by atoms with Crippen molar-refractivity contribution in [3.63, 3.8) is 0 Å². The molecule has 0 radical (unpaired) electrons. The van der Waals surface area contributed by atoms with Crippen molar-refractivity contribution in [2.24, 2.45) is 0 Å². The molecule has 0 heterocycles. The molecule has 2 aromatic carbocycles. The Kier molecular flexibility index (Phi) is 5.02. The summed E-state index contributed by atoms with van der Waals surface area (Å²) < 4.78 is 0. The molecule has 20 heavy (non-hydrogen) atoms. The van der Waals surface area contributed by atoms with Gasteiger partial charge >= 0.3 is 5.97 Å². The van der Waals surface area contributed by atoms with Crippen LogP contribution in [0.3, 0.4) is 0 Å². The fourth-order valence-corrected chi connectivity index (χ4v) is 2.28. The molecular weight excluding hydrogens is 274 g/mol. The first kappa shape index (κ1) is 14.4. The number of rotatable bonds is 6. The lowest BCUT2D eigenvalue weighted by Gasteiger charge is -2.25. The molecule has 2 rings (SSSR count). The van der Waals surface area contributed by atoms with Crippen molar-refractivity contribution < 1.29 is 9.90 Å². The molecule has 0 aromatic heterocycles. The first-order chi connectivity index (χ1) is 9.66. The van der Waals surface area contributed by atoms with Crippen LogP contribution in [0.4, 0.5) is 5.69 Å². The maximum Gasteiger partial charge on any atom is 0.305 e. The molecule has 1 N–H and O–H groups in total. The third-order valence-corrected chi connectivity index (χ3v) is 3.32. The van der Waals surface area contributed by atoms with Gasteiger partial charge in [0.1, 0.15) is 0 Å². The van der Waals surface area contributed by atoms with E-state index in [9.17, 15) is 4.79 Å². The minimum atomic E-state index is -0.810. The lowest BCUT2D eigenvalue weighted by Crippen LogP contribution is -2.25. The molecule has 0 unspecified atom stereocenters. The molecule has 2 aromatic rings. The zero-order chi connectivity index (χ0) is 14.4. The van der Waals surface area contributed by atoms with Crippen molar-refractivity contribution in [2.75, 3.05) is 11.4 Å². The molecule has 0 aliphatic heterocycles. The zero-order valence-corrected chi connectivity index (χ0v) is 11.8. The Morgan fingerprint density at radius 1 is 1.05 bits per heavy atom. The molecule has 0 spiro atoms. The molecule has 0 amide bonds. The Labute approximate surface area is 123 Å². The number of benzene rings is 2. The van der Waals surface area contributed by atoms with E-state index in [1.54, 1.807) is 0 Å². The van der Waals surface area contributed by atoms with E-state index >= 15 is 0 Å². The van der Waals surface area contributed by atoms with Crippen LogP contribution in [0.25, 0.3) is 0 Å². The molecule has 3 nitrogen and oxygen atoms in total. The fraction of sp³-hybridized carbons (Fsp3) is 0.188. The minimum absolute atomic E-state index is 0.0814. The van der Waals surface area contributed by atoms with Gasteiger partial charge in [-0.1, -0.05) is 54.1 Å². The van der Waals surface area contributed by atoms with Crippen molar-refractivity contribution in [1.82, 2.24) is 0 Å². The van der Waals surface area contributed by atoms with Crippen LogP contribution in [-0.2, 0) is 11.3 Å². The number of para-hydroxylation sites is 1. The second kappa shape index (κ2) is 6.96. The Morgan fingerprint density at radius 3 is 2.35 bits per heavy atom. The van der Waals surface area contributed by atoms with Crippen LogP contribution in [-0.4, -0.2) is 17.6 Å². The topological polar surface area (TPSA) is 40.5 Å². The summed E-state index contributed by atoms with van der Waals surface area (Å²) in [6, 6.07) is 17.4. The van der Waals surface area contributed by atoms with E-state index in [0.717, 1.165) is 11.3 Å². The summed E-state index contributed by atoms with van der Waals surface area (Å²) in [5, 5.41) is 9.52. The average Bonchev–Trinajstić information content (AvgIpc) is 2.45. The van der Waals surface area contributed by atoms with Crippen molar-refractivity contribution in [2.45, 2.75) is 13.0 Å². The summed E-state index contributed by atoms with van der Waals surface area (Å²) >= 11 is 6.21. The SMILES string of the molecule is O=C(O)CCN(Cc1ccccc1)c1ccccc1Cl. The zero-order valence-electron chi connectivity index (χ0n) is 11.0. The van der Waals surface area contributed by atoms with Crippen molar-refractivity contribution in [1.29, 1.82) is 0 Å². The third kappa shape index (κ3) is 4.00. The van der Waals surface area contributed by atoms with Crippen molar-refractivity contribution in [3.8, 4) is 0 Å². The number of hydrogen-bond acceptors (Lipinski definition) is 2. The second-order valence-electron chi connectivity index (χ2n) is 4.50.